The van der Waals surface area contributed by atoms with Gasteiger partial charge < -0.3 is 0 Å². The summed E-state index contributed by atoms with van der Waals surface area (Å²) in [5.74, 6) is 0.124. The van der Waals surface area contributed by atoms with Crippen LogP contribution in [0.1, 0.15) is 26.2 Å². The molecule has 8 heteroatoms. The molecule has 3 rings (SSSR count). The van der Waals surface area contributed by atoms with Gasteiger partial charge in [0.1, 0.15) is 0 Å². The highest BCUT2D eigenvalue weighted by Gasteiger charge is 2.34. The predicted molar refractivity (Wildman–Crippen MR) is 110 cm³/mol. The quantitative estimate of drug-likeness (QED) is 0.719. The van der Waals surface area contributed by atoms with Crippen molar-refractivity contribution >= 4 is 38.5 Å². The number of nitrogens with zero attached hydrogens (tertiary/aromatic N) is 3. The second kappa shape index (κ2) is 8.16. The molecule has 0 spiro atoms. The second-order valence-electron chi connectivity index (χ2n) is 7.04. The van der Waals surface area contributed by atoms with Crippen molar-refractivity contribution in [2.24, 2.45) is 10.9 Å². The average molecular weight is 408 g/mol. The van der Waals surface area contributed by atoms with E-state index in [4.69, 9.17) is 0 Å². The Balaban J connectivity index is 1.88. The lowest BCUT2D eigenvalue weighted by atomic mass is 9.93. The minimum Gasteiger partial charge on any atom is -0.290 e. The Bertz CT molecular complexity index is 878. The van der Waals surface area contributed by atoms with Crippen LogP contribution in [0.4, 0.5) is 5.69 Å². The van der Waals surface area contributed by atoms with Crippen LogP contribution in [0.3, 0.4) is 0 Å². The number of allylic oxidation sites excluding steroid dienone is 2. The van der Waals surface area contributed by atoms with E-state index in [0.717, 1.165) is 19.3 Å². The summed E-state index contributed by atoms with van der Waals surface area (Å²) in [6, 6.07) is 6.55. The lowest BCUT2D eigenvalue weighted by Gasteiger charge is -2.23. The molecule has 0 bridgehead atoms. The van der Waals surface area contributed by atoms with Crippen molar-refractivity contribution in [3.63, 3.8) is 0 Å². The number of hydrogen-bond acceptors (Lipinski definition) is 5. The van der Waals surface area contributed by atoms with Crippen LogP contribution in [-0.2, 0) is 14.8 Å². The molecule has 2 unspecified atom stereocenters. The Morgan fingerprint density at radius 1 is 1.30 bits per heavy atom. The van der Waals surface area contributed by atoms with Crippen LogP contribution in [-0.4, -0.2) is 54.6 Å². The highest BCUT2D eigenvalue weighted by atomic mass is 32.2. The molecule has 1 aliphatic heterocycles. The van der Waals surface area contributed by atoms with Crippen molar-refractivity contribution in [2.75, 3.05) is 20.6 Å². The third kappa shape index (κ3) is 4.44. The molecule has 1 aromatic carbocycles. The van der Waals surface area contributed by atoms with Crippen molar-refractivity contribution < 1.29 is 13.2 Å². The van der Waals surface area contributed by atoms with E-state index < -0.39 is 10.0 Å². The minimum absolute atomic E-state index is 0.00607. The van der Waals surface area contributed by atoms with E-state index in [1.54, 1.807) is 40.9 Å². The zero-order chi connectivity index (χ0) is 19.6. The molecule has 146 valence electrons. The topological polar surface area (TPSA) is 70.0 Å². The van der Waals surface area contributed by atoms with Gasteiger partial charge in [0.2, 0.25) is 15.9 Å². The molecule has 27 heavy (non-hydrogen) atoms. The monoisotopic (exact) mass is 407 g/mol. The van der Waals surface area contributed by atoms with E-state index >= 15 is 0 Å². The first-order chi connectivity index (χ1) is 12.8. The lowest BCUT2D eigenvalue weighted by Crippen LogP contribution is -2.37. The summed E-state index contributed by atoms with van der Waals surface area (Å²) in [6.45, 7) is 2.71. The fourth-order valence-corrected chi connectivity index (χ4v) is 5.14. The number of carbonyl (C=O) groups is 1. The molecule has 2 aliphatic rings. The Kier molecular flexibility index (Phi) is 6.08. The average Bonchev–Trinajstić information content (AvgIpc) is 3.02. The SMILES string of the molecule is CC1CN(C(=O)C2CC=CCC2)C(=Nc2cccc(S(=O)(=O)N(C)C)c2)S1. The van der Waals surface area contributed by atoms with Crippen LogP contribution < -0.4 is 0 Å². The third-order valence-electron chi connectivity index (χ3n) is 4.68. The van der Waals surface area contributed by atoms with Crippen molar-refractivity contribution in [2.45, 2.75) is 36.3 Å². The van der Waals surface area contributed by atoms with E-state index in [0.29, 0.717) is 17.4 Å². The molecule has 0 N–H and O–H groups in total. The van der Waals surface area contributed by atoms with Gasteiger partial charge in [0, 0.05) is 31.8 Å². The largest absolute Gasteiger partial charge is 0.290 e. The third-order valence-corrected chi connectivity index (χ3v) is 7.57. The van der Waals surface area contributed by atoms with Gasteiger partial charge in [-0.15, -0.1) is 0 Å². The molecular weight excluding hydrogens is 382 g/mol. The molecule has 1 amide bonds. The van der Waals surface area contributed by atoms with E-state index in [9.17, 15) is 13.2 Å². The standard InChI is InChI=1S/C19H25N3O3S2/c1-14-13-22(18(23)15-8-5-4-6-9-15)19(26-14)20-16-10-7-11-17(12-16)27(24,25)21(2)3/h4-5,7,10-12,14-15H,6,8-9,13H2,1-3H3. The number of carbonyl (C=O) groups excluding carboxylic acids is 1. The van der Waals surface area contributed by atoms with Crippen LogP contribution in [0, 0.1) is 5.92 Å². The van der Waals surface area contributed by atoms with Crippen molar-refractivity contribution in [3.8, 4) is 0 Å². The van der Waals surface area contributed by atoms with Crippen molar-refractivity contribution in [1.29, 1.82) is 0 Å². The number of benzene rings is 1. The summed E-state index contributed by atoms with van der Waals surface area (Å²) in [5.41, 5.74) is 0.538. The summed E-state index contributed by atoms with van der Waals surface area (Å²) in [6.07, 6.45) is 6.78. The first-order valence-electron chi connectivity index (χ1n) is 9.03. The Labute approximate surface area is 165 Å². The molecule has 1 aromatic rings. The summed E-state index contributed by atoms with van der Waals surface area (Å²) in [7, 11) is -0.519. The summed E-state index contributed by atoms with van der Waals surface area (Å²) >= 11 is 1.56. The number of hydrogen-bond donors (Lipinski definition) is 0. The summed E-state index contributed by atoms with van der Waals surface area (Å²) in [5, 5.41) is 0.918. The highest BCUT2D eigenvalue weighted by molar-refractivity contribution is 8.14. The van der Waals surface area contributed by atoms with Gasteiger partial charge in [-0.25, -0.2) is 17.7 Å². The first kappa shape index (κ1) is 20.1. The number of thioether (sulfide) groups is 1. The number of rotatable bonds is 4. The molecule has 6 nitrogen and oxygen atoms in total. The van der Waals surface area contributed by atoms with E-state index in [1.165, 1.54) is 18.4 Å². The predicted octanol–water partition coefficient (Wildman–Crippen LogP) is 3.24. The molecule has 0 aromatic heterocycles. The van der Waals surface area contributed by atoms with Crippen molar-refractivity contribution in [3.05, 3.63) is 36.4 Å². The molecule has 2 atom stereocenters. The van der Waals surface area contributed by atoms with Crippen LogP contribution in [0.25, 0.3) is 0 Å². The lowest BCUT2D eigenvalue weighted by molar-refractivity contribution is -0.131. The maximum Gasteiger partial charge on any atom is 0.242 e. The molecule has 1 aliphatic carbocycles. The van der Waals surface area contributed by atoms with Gasteiger partial charge >= 0.3 is 0 Å². The van der Waals surface area contributed by atoms with Crippen LogP contribution in [0.15, 0.2) is 46.3 Å². The minimum atomic E-state index is -3.52. The molecule has 0 radical (unpaired) electrons. The van der Waals surface area contributed by atoms with E-state index in [1.807, 2.05) is 0 Å². The number of amides is 1. The van der Waals surface area contributed by atoms with Gasteiger partial charge in [-0.2, -0.15) is 0 Å². The zero-order valence-corrected chi connectivity index (χ0v) is 17.5. The van der Waals surface area contributed by atoms with E-state index in [-0.39, 0.29) is 22.0 Å². The molecular formula is C19H25N3O3S2. The Morgan fingerprint density at radius 2 is 2.07 bits per heavy atom. The van der Waals surface area contributed by atoms with Gasteiger partial charge in [-0.3, -0.25) is 9.69 Å². The molecule has 1 fully saturated rings. The maximum absolute atomic E-state index is 13.0. The van der Waals surface area contributed by atoms with Crippen molar-refractivity contribution in [1.82, 2.24) is 9.21 Å². The number of aliphatic imine (C=N–C) groups is 1. The highest BCUT2D eigenvalue weighted by Crippen LogP contribution is 2.32. The van der Waals surface area contributed by atoms with E-state index in [2.05, 4.69) is 24.1 Å². The molecule has 1 heterocycles. The van der Waals surface area contributed by atoms with Gasteiger partial charge in [0.05, 0.1) is 10.6 Å². The Morgan fingerprint density at radius 3 is 2.74 bits per heavy atom. The fraction of sp³-hybridized carbons (Fsp3) is 0.474. The molecule has 1 saturated heterocycles. The first-order valence-corrected chi connectivity index (χ1v) is 11.4. The number of sulfonamides is 1. The summed E-state index contributed by atoms with van der Waals surface area (Å²) in [4.78, 5) is 19.5. The number of amidine groups is 1. The van der Waals surface area contributed by atoms with Gasteiger partial charge in [-0.1, -0.05) is 36.9 Å². The molecule has 0 saturated carbocycles. The summed E-state index contributed by atoms with van der Waals surface area (Å²) < 4.78 is 25.9. The Hall–Kier alpha value is -1.64. The van der Waals surface area contributed by atoms with Crippen LogP contribution in [0.2, 0.25) is 0 Å². The van der Waals surface area contributed by atoms with Gasteiger partial charge in [0.25, 0.3) is 0 Å². The van der Waals surface area contributed by atoms with Crippen LogP contribution >= 0.6 is 11.8 Å². The maximum atomic E-state index is 13.0. The fourth-order valence-electron chi connectivity index (χ4n) is 3.16. The van der Waals surface area contributed by atoms with Gasteiger partial charge in [0.15, 0.2) is 5.17 Å². The second-order valence-corrected chi connectivity index (χ2v) is 10.6. The normalized spacial score (nSPS) is 24.7. The smallest absolute Gasteiger partial charge is 0.242 e. The van der Waals surface area contributed by atoms with Gasteiger partial charge in [-0.05, 0) is 37.5 Å². The van der Waals surface area contributed by atoms with Crippen LogP contribution in [0.5, 0.6) is 0 Å². The zero-order valence-electron chi connectivity index (χ0n) is 15.8.